The summed E-state index contributed by atoms with van der Waals surface area (Å²) in [6.07, 6.45) is 0. The van der Waals surface area contributed by atoms with Crippen LogP contribution in [0.25, 0.3) is 0 Å². The Labute approximate surface area is 105 Å². The third-order valence-electron chi connectivity index (χ3n) is 2.08. The maximum atomic E-state index is 11.3. The van der Waals surface area contributed by atoms with Crippen LogP contribution in [0.5, 0.6) is 0 Å². The molecule has 0 bridgehead atoms. The van der Waals surface area contributed by atoms with Crippen LogP contribution in [0.15, 0.2) is 29.2 Å². The van der Waals surface area contributed by atoms with Crippen molar-refractivity contribution in [2.45, 2.75) is 11.8 Å². The third kappa shape index (κ3) is 4.91. The Balaban J connectivity index is 2.34. The molecular weight excluding hydrogens is 238 g/mol. The minimum atomic E-state index is -0.387. The standard InChI is InChI=1S/C12H15NO3S/c1-9-5-3-4-6-10(9)17-8-12(15)16-7-11(14)13-2/h3-6H,7-8H2,1-2H3,(H,13,14). The van der Waals surface area contributed by atoms with Gasteiger partial charge in [-0.1, -0.05) is 18.2 Å². The van der Waals surface area contributed by atoms with Crippen LogP contribution in [0, 0.1) is 6.92 Å². The molecule has 1 aromatic rings. The Hall–Kier alpha value is -1.49. The van der Waals surface area contributed by atoms with Crippen molar-refractivity contribution in [2.24, 2.45) is 0 Å². The number of esters is 1. The largest absolute Gasteiger partial charge is 0.455 e. The number of amides is 1. The van der Waals surface area contributed by atoms with Gasteiger partial charge < -0.3 is 10.1 Å². The van der Waals surface area contributed by atoms with Crippen LogP contribution >= 0.6 is 11.8 Å². The Bertz CT molecular complexity index is 406. The lowest BCUT2D eigenvalue weighted by atomic mass is 10.2. The van der Waals surface area contributed by atoms with E-state index in [0.29, 0.717) is 0 Å². The molecule has 0 saturated carbocycles. The molecule has 0 radical (unpaired) electrons. The van der Waals surface area contributed by atoms with Crippen LogP contribution in [0.4, 0.5) is 0 Å². The Kier molecular flexibility index (Phi) is 5.56. The molecule has 1 aromatic carbocycles. The van der Waals surface area contributed by atoms with Gasteiger partial charge >= 0.3 is 5.97 Å². The highest BCUT2D eigenvalue weighted by Crippen LogP contribution is 2.21. The minimum Gasteiger partial charge on any atom is -0.455 e. The monoisotopic (exact) mass is 253 g/mol. The lowest BCUT2D eigenvalue weighted by molar-refractivity contribution is -0.145. The zero-order valence-corrected chi connectivity index (χ0v) is 10.7. The summed E-state index contributed by atoms with van der Waals surface area (Å²) in [5.74, 6) is -0.483. The summed E-state index contributed by atoms with van der Waals surface area (Å²) < 4.78 is 4.78. The van der Waals surface area contributed by atoms with Crippen LogP contribution < -0.4 is 5.32 Å². The molecule has 0 spiro atoms. The first-order valence-electron chi connectivity index (χ1n) is 5.18. The zero-order valence-electron chi connectivity index (χ0n) is 9.86. The first kappa shape index (κ1) is 13.6. The number of hydrogen-bond acceptors (Lipinski definition) is 4. The topological polar surface area (TPSA) is 55.4 Å². The smallest absolute Gasteiger partial charge is 0.316 e. The van der Waals surface area contributed by atoms with Gasteiger partial charge in [-0.2, -0.15) is 0 Å². The van der Waals surface area contributed by atoms with Crippen LogP contribution in [-0.2, 0) is 14.3 Å². The Morgan fingerprint density at radius 1 is 1.35 bits per heavy atom. The molecule has 0 aliphatic carbocycles. The van der Waals surface area contributed by atoms with E-state index in [1.165, 1.54) is 18.8 Å². The average Bonchev–Trinajstić information content (AvgIpc) is 2.35. The van der Waals surface area contributed by atoms with Gasteiger partial charge in [0.15, 0.2) is 6.61 Å². The number of thioether (sulfide) groups is 1. The second-order valence-electron chi connectivity index (χ2n) is 3.39. The quantitative estimate of drug-likeness (QED) is 0.636. The maximum absolute atomic E-state index is 11.3. The van der Waals surface area contributed by atoms with E-state index in [0.717, 1.165) is 10.5 Å². The van der Waals surface area contributed by atoms with Crippen LogP contribution in [-0.4, -0.2) is 31.3 Å². The van der Waals surface area contributed by atoms with Crippen LogP contribution in [0.2, 0.25) is 0 Å². The lowest BCUT2D eigenvalue weighted by Gasteiger charge is -2.05. The fourth-order valence-corrected chi connectivity index (χ4v) is 1.94. The third-order valence-corrected chi connectivity index (χ3v) is 3.23. The van der Waals surface area contributed by atoms with Gasteiger partial charge in [0, 0.05) is 11.9 Å². The predicted molar refractivity (Wildman–Crippen MR) is 66.9 cm³/mol. The fraction of sp³-hybridized carbons (Fsp3) is 0.333. The predicted octanol–water partition coefficient (Wildman–Crippen LogP) is 1.38. The number of ether oxygens (including phenoxy) is 1. The van der Waals surface area contributed by atoms with Crippen molar-refractivity contribution in [1.82, 2.24) is 5.32 Å². The number of likely N-dealkylation sites (N-methyl/N-ethyl adjacent to an activating group) is 1. The van der Waals surface area contributed by atoms with Gasteiger partial charge in [-0.15, -0.1) is 11.8 Å². The zero-order chi connectivity index (χ0) is 12.7. The van der Waals surface area contributed by atoms with E-state index in [1.807, 2.05) is 31.2 Å². The van der Waals surface area contributed by atoms with Crippen molar-refractivity contribution in [3.8, 4) is 0 Å². The molecular formula is C12H15NO3S. The van der Waals surface area contributed by atoms with Crippen molar-refractivity contribution in [1.29, 1.82) is 0 Å². The number of carbonyl (C=O) groups is 2. The van der Waals surface area contributed by atoms with Crippen molar-refractivity contribution in [3.63, 3.8) is 0 Å². The van der Waals surface area contributed by atoms with Gasteiger partial charge in [0.2, 0.25) is 0 Å². The van der Waals surface area contributed by atoms with Gasteiger partial charge in [-0.05, 0) is 18.6 Å². The highest BCUT2D eigenvalue weighted by molar-refractivity contribution is 8.00. The van der Waals surface area contributed by atoms with Gasteiger partial charge in [-0.25, -0.2) is 0 Å². The number of nitrogens with one attached hydrogen (secondary N) is 1. The molecule has 1 amide bonds. The molecule has 17 heavy (non-hydrogen) atoms. The summed E-state index contributed by atoms with van der Waals surface area (Å²) in [4.78, 5) is 23.2. The molecule has 0 atom stereocenters. The van der Waals surface area contributed by atoms with Gasteiger partial charge in [0.05, 0.1) is 5.75 Å². The molecule has 0 aromatic heterocycles. The van der Waals surface area contributed by atoms with E-state index in [1.54, 1.807) is 0 Å². The van der Waals surface area contributed by atoms with E-state index < -0.39 is 0 Å². The Morgan fingerprint density at radius 3 is 2.71 bits per heavy atom. The highest BCUT2D eigenvalue weighted by Gasteiger charge is 2.07. The summed E-state index contributed by atoms with van der Waals surface area (Å²) in [5, 5.41) is 2.38. The normalized spacial score (nSPS) is 9.76. The van der Waals surface area contributed by atoms with Gasteiger partial charge in [-0.3, -0.25) is 9.59 Å². The van der Waals surface area contributed by atoms with E-state index in [-0.39, 0.29) is 24.2 Å². The summed E-state index contributed by atoms with van der Waals surface area (Å²) in [6.45, 7) is 1.77. The average molecular weight is 253 g/mol. The molecule has 0 saturated heterocycles. The molecule has 0 aliphatic heterocycles. The number of aryl methyl sites for hydroxylation is 1. The molecule has 4 nitrogen and oxygen atoms in total. The summed E-state index contributed by atoms with van der Waals surface area (Å²) >= 11 is 1.41. The van der Waals surface area contributed by atoms with Crippen LogP contribution in [0.1, 0.15) is 5.56 Å². The number of benzene rings is 1. The van der Waals surface area contributed by atoms with E-state index in [9.17, 15) is 9.59 Å². The van der Waals surface area contributed by atoms with E-state index >= 15 is 0 Å². The SMILES string of the molecule is CNC(=O)COC(=O)CSc1ccccc1C. The Morgan fingerprint density at radius 2 is 2.06 bits per heavy atom. The summed E-state index contributed by atoms with van der Waals surface area (Å²) in [7, 11) is 1.50. The second-order valence-corrected chi connectivity index (χ2v) is 4.41. The lowest BCUT2D eigenvalue weighted by Crippen LogP contribution is -2.25. The molecule has 0 aliphatic rings. The van der Waals surface area contributed by atoms with Crippen molar-refractivity contribution in [3.05, 3.63) is 29.8 Å². The second kappa shape index (κ2) is 6.96. The van der Waals surface area contributed by atoms with Gasteiger partial charge in [0.1, 0.15) is 0 Å². The molecule has 5 heteroatoms. The minimum absolute atomic E-state index is 0.210. The molecule has 0 unspecified atom stereocenters. The first-order valence-corrected chi connectivity index (χ1v) is 6.16. The molecule has 0 heterocycles. The maximum Gasteiger partial charge on any atom is 0.316 e. The summed E-state index contributed by atoms with van der Waals surface area (Å²) in [5.41, 5.74) is 1.12. The number of carbonyl (C=O) groups excluding carboxylic acids is 2. The van der Waals surface area contributed by atoms with Crippen molar-refractivity contribution in [2.75, 3.05) is 19.4 Å². The number of rotatable bonds is 5. The van der Waals surface area contributed by atoms with Crippen molar-refractivity contribution < 1.29 is 14.3 Å². The molecule has 1 rings (SSSR count). The molecule has 1 N–H and O–H groups in total. The van der Waals surface area contributed by atoms with Gasteiger partial charge in [0.25, 0.3) is 5.91 Å². The number of hydrogen-bond donors (Lipinski definition) is 1. The van der Waals surface area contributed by atoms with Crippen molar-refractivity contribution >= 4 is 23.6 Å². The van der Waals surface area contributed by atoms with Crippen LogP contribution in [0.3, 0.4) is 0 Å². The molecule has 92 valence electrons. The molecule has 0 fully saturated rings. The fourth-order valence-electron chi connectivity index (χ4n) is 1.11. The first-order chi connectivity index (χ1) is 8.13. The summed E-state index contributed by atoms with van der Waals surface area (Å²) in [6, 6.07) is 7.80. The van der Waals surface area contributed by atoms with E-state index in [4.69, 9.17) is 4.74 Å². The highest BCUT2D eigenvalue weighted by atomic mass is 32.2. The van der Waals surface area contributed by atoms with E-state index in [2.05, 4.69) is 5.32 Å².